The van der Waals surface area contributed by atoms with Crippen molar-refractivity contribution in [2.45, 2.75) is 31.7 Å². The average Bonchev–Trinajstić information content (AvgIpc) is 2.83. The second-order valence-corrected chi connectivity index (χ2v) is 7.29. The summed E-state index contributed by atoms with van der Waals surface area (Å²) in [6.45, 7) is 3.76. The second-order valence-electron chi connectivity index (χ2n) is 5.41. The van der Waals surface area contributed by atoms with E-state index in [2.05, 4.69) is 5.32 Å². The molecule has 18 heavy (non-hydrogen) atoms. The van der Waals surface area contributed by atoms with E-state index in [1.165, 1.54) is 6.42 Å². The Labute approximate surface area is 115 Å². The summed E-state index contributed by atoms with van der Waals surface area (Å²) in [6.07, 6.45) is 4.29. The number of rotatable bonds is 2. The Hall–Kier alpha value is 0.120. The molecular weight excluding hydrogens is 274 g/mol. The lowest BCUT2D eigenvalue weighted by atomic mass is 10.1. The van der Waals surface area contributed by atoms with E-state index in [-0.39, 0.29) is 12.4 Å². The highest BCUT2D eigenvalue weighted by atomic mass is 35.5. The van der Waals surface area contributed by atoms with Crippen LogP contribution in [0.4, 0.5) is 0 Å². The van der Waals surface area contributed by atoms with Crippen molar-refractivity contribution in [2.75, 3.05) is 32.7 Å². The Bertz CT molecular complexity index is 382. The van der Waals surface area contributed by atoms with E-state index >= 15 is 0 Å². The van der Waals surface area contributed by atoms with Gasteiger partial charge in [0.25, 0.3) is 10.2 Å². The van der Waals surface area contributed by atoms with Gasteiger partial charge in [-0.2, -0.15) is 17.0 Å². The molecule has 3 fully saturated rings. The molecular formula is C11H22ClN3O2S. The van der Waals surface area contributed by atoms with Crippen LogP contribution < -0.4 is 5.32 Å². The number of fused-ring (bicyclic) bond motifs is 2. The Morgan fingerprint density at radius 3 is 2.61 bits per heavy atom. The van der Waals surface area contributed by atoms with Crippen LogP contribution in [0.15, 0.2) is 0 Å². The molecule has 0 amide bonds. The summed E-state index contributed by atoms with van der Waals surface area (Å²) in [7, 11) is -3.19. The third kappa shape index (κ3) is 2.54. The molecule has 2 heterocycles. The Kier molecular flexibility index (Phi) is 4.54. The van der Waals surface area contributed by atoms with Crippen molar-refractivity contribution in [3.63, 3.8) is 0 Å². The summed E-state index contributed by atoms with van der Waals surface area (Å²) in [4.78, 5) is 0. The third-order valence-corrected chi connectivity index (χ3v) is 6.34. The lowest BCUT2D eigenvalue weighted by Crippen LogP contribution is -2.48. The minimum absolute atomic E-state index is 0. The molecule has 5 nitrogen and oxygen atoms in total. The zero-order valence-corrected chi connectivity index (χ0v) is 12.2. The van der Waals surface area contributed by atoms with E-state index in [9.17, 15) is 8.42 Å². The van der Waals surface area contributed by atoms with Gasteiger partial charge < -0.3 is 5.32 Å². The molecule has 0 spiro atoms. The number of piperidine rings is 1. The molecule has 2 unspecified atom stereocenters. The quantitative estimate of drug-likeness (QED) is 0.804. The van der Waals surface area contributed by atoms with Crippen molar-refractivity contribution in [2.24, 2.45) is 5.92 Å². The molecule has 3 aliphatic rings. The van der Waals surface area contributed by atoms with E-state index in [0.29, 0.717) is 25.0 Å². The lowest BCUT2D eigenvalue weighted by molar-refractivity contribution is 0.296. The van der Waals surface area contributed by atoms with Crippen molar-refractivity contribution in [3.8, 4) is 0 Å². The van der Waals surface area contributed by atoms with Crippen LogP contribution in [0.5, 0.6) is 0 Å². The van der Waals surface area contributed by atoms with Gasteiger partial charge in [-0.05, 0) is 38.1 Å². The van der Waals surface area contributed by atoms with Crippen LogP contribution in [0.1, 0.15) is 25.7 Å². The Balaban J connectivity index is 0.00000120. The monoisotopic (exact) mass is 295 g/mol. The highest BCUT2D eigenvalue weighted by molar-refractivity contribution is 7.86. The van der Waals surface area contributed by atoms with Gasteiger partial charge in [-0.25, -0.2) is 0 Å². The molecule has 2 aliphatic heterocycles. The van der Waals surface area contributed by atoms with Crippen molar-refractivity contribution >= 4 is 22.6 Å². The molecule has 2 bridgehead atoms. The first-order chi connectivity index (χ1) is 8.18. The van der Waals surface area contributed by atoms with Crippen LogP contribution in [0, 0.1) is 5.92 Å². The van der Waals surface area contributed by atoms with Crippen molar-refractivity contribution < 1.29 is 8.42 Å². The van der Waals surface area contributed by atoms with E-state index < -0.39 is 10.2 Å². The molecule has 1 N–H and O–H groups in total. The van der Waals surface area contributed by atoms with Gasteiger partial charge in [0, 0.05) is 32.2 Å². The van der Waals surface area contributed by atoms with E-state index in [0.717, 1.165) is 38.9 Å². The van der Waals surface area contributed by atoms with Crippen molar-refractivity contribution in [1.29, 1.82) is 0 Å². The van der Waals surface area contributed by atoms with Crippen LogP contribution in [0.3, 0.4) is 0 Å². The normalized spacial score (nSPS) is 34.2. The summed E-state index contributed by atoms with van der Waals surface area (Å²) >= 11 is 0. The standard InChI is InChI=1S/C11H21N3O2S.ClH/c15-17(16,13-6-1-4-12-5-7-13)14-9-10-2-3-11(14)8-10;/h10-12H,1-9H2;1H. The van der Waals surface area contributed by atoms with Crippen LogP contribution in [0.25, 0.3) is 0 Å². The number of halogens is 1. The zero-order chi connectivity index (χ0) is 11.9. The maximum absolute atomic E-state index is 12.6. The molecule has 1 saturated carbocycles. The van der Waals surface area contributed by atoms with E-state index in [1.54, 1.807) is 8.61 Å². The van der Waals surface area contributed by atoms with Gasteiger partial charge in [0.1, 0.15) is 0 Å². The van der Waals surface area contributed by atoms with Gasteiger partial charge >= 0.3 is 0 Å². The Morgan fingerprint density at radius 2 is 1.94 bits per heavy atom. The van der Waals surface area contributed by atoms with Gasteiger partial charge in [0.2, 0.25) is 0 Å². The van der Waals surface area contributed by atoms with Gasteiger partial charge in [-0.3, -0.25) is 0 Å². The van der Waals surface area contributed by atoms with Crippen LogP contribution >= 0.6 is 12.4 Å². The maximum atomic E-state index is 12.6. The molecule has 7 heteroatoms. The summed E-state index contributed by atoms with van der Waals surface area (Å²) in [6, 6.07) is 0.293. The molecule has 0 aromatic carbocycles. The number of hydrogen-bond acceptors (Lipinski definition) is 3. The molecule has 2 atom stereocenters. The summed E-state index contributed by atoms with van der Waals surface area (Å²) < 4.78 is 28.6. The average molecular weight is 296 g/mol. The second kappa shape index (κ2) is 5.63. The first-order valence-electron chi connectivity index (χ1n) is 6.65. The molecule has 106 valence electrons. The molecule has 2 saturated heterocycles. The van der Waals surface area contributed by atoms with E-state index in [1.807, 2.05) is 0 Å². The fourth-order valence-corrected chi connectivity index (χ4v) is 5.31. The predicted molar refractivity (Wildman–Crippen MR) is 73.1 cm³/mol. The zero-order valence-electron chi connectivity index (χ0n) is 10.5. The molecule has 1 aliphatic carbocycles. The van der Waals surface area contributed by atoms with Crippen LogP contribution in [-0.4, -0.2) is 55.8 Å². The Morgan fingerprint density at radius 1 is 1.11 bits per heavy atom. The van der Waals surface area contributed by atoms with Gasteiger partial charge in [0.15, 0.2) is 0 Å². The van der Waals surface area contributed by atoms with Gasteiger partial charge in [-0.15, -0.1) is 12.4 Å². The summed E-state index contributed by atoms with van der Waals surface area (Å²) in [5.41, 5.74) is 0. The first-order valence-corrected chi connectivity index (χ1v) is 8.05. The minimum atomic E-state index is -3.19. The van der Waals surface area contributed by atoms with Crippen molar-refractivity contribution in [1.82, 2.24) is 13.9 Å². The fraction of sp³-hybridized carbons (Fsp3) is 1.00. The van der Waals surface area contributed by atoms with Gasteiger partial charge in [0.05, 0.1) is 0 Å². The highest BCUT2D eigenvalue weighted by Gasteiger charge is 2.45. The predicted octanol–water partition coefficient (Wildman–Crippen LogP) is 0.433. The van der Waals surface area contributed by atoms with Crippen LogP contribution in [0.2, 0.25) is 0 Å². The number of nitrogens with one attached hydrogen (secondary N) is 1. The van der Waals surface area contributed by atoms with Gasteiger partial charge in [-0.1, -0.05) is 0 Å². The molecule has 0 aromatic rings. The fourth-order valence-electron chi connectivity index (χ4n) is 3.36. The number of hydrogen-bond donors (Lipinski definition) is 1. The molecule has 3 rings (SSSR count). The molecule has 0 radical (unpaired) electrons. The largest absolute Gasteiger partial charge is 0.315 e. The third-order valence-electron chi connectivity index (χ3n) is 4.28. The SMILES string of the molecule is Cl.O=S(=O)(N1CCCNCC1)N1CC2CCC1C2. The first kappa shape index (κ1) is 14.5. The highest BCUT2D eigenvalue weighted by Crippen LogP contribution is 2.39. The summed E-state index contributed by atoms with van der Waals surface area (Å²) in [5.74, 6) is 0.625. The van der Waals surface area contributed by atoms with E-state index in [4.69, 9.17) is 0 Å². The number of nitrogens with zero attached hydrogens (tertiary/aromatic N) is 2. The maximum Gasteiger partial charge on any atom is 0.282 e. The van der Waals surface area contributed by atoms with Crippen molar-refractivity contribution in [3.05, 3.63) is 0 Å². The topological polar surface area (TPSA) is 52.7 Å². The summed E-state index contributed by atoms with van der Waals surface area (Å²) in [5, 5.41) is 3.25. The lowest BCUT2D eigenvalue weighted by Gasteiger charge is -2.31. The minimum Gasteiger partial charge on any atom is -0.315 e. The molecule has 0 aromatic heterocycles. The smallest absolute Gasteiger partial charge is 0.282 e. The van der Waals surface area contributed by atoms with Crippen LogP contribution in [-0.2, 0) is 10.2 Å².